The number of ether oxygens (including phenoxy) is 3. The van der Waals surface area contributed by atoms with Crippen LogP contribution in [-0.2, 0) is 23.0 Å². The van der Waals surface area contributed by atoms with Gasteiger partial charge in [-0.2, -0.15) is 4.31 Å². The van der Waals surface area contributed by atoms with E-state index in [9.17, 15) is 13.2 Å². The maximum atomic E-state index is 13.1. The predicted octanol–water partition coefficient (Wildman–Crippen LogP) is 3.37. The van der Waals surface area contributed by atoms with Gasteiger partial charge in [0, 0.05) is 19.6 Å². The third kappa shape index (κ3) is 5.21. The van der Waals surface area contributed by atoms with Gasteiger partial charge in [0.2, 0.25) is 10.0 Å². The number of amides is 1. The zero-order valence-corrected chi connectivity index (χ0v) is 21.0. The molecule has 0 aliphatic carbocycles. The van der Waals surface area contributed by atoms with Crippen LogP contribution in [0.15, 0.2) is 48.5 Å². The van der Waals surface area contributed by atoms with Crippen molar-refractivity contribution in [3.8, 4) is 17.2 Å². The third-order valence-electron chi connectivity index (χ3n) is 6.14. The minimum absolute atomic E-state index is 0.00869. The summed E-state index contributed by atoms with van der Waals surface area (Å²) in [6.45, 7) is 2.89. The summed E-state index contributed by atoms with van der Waals surface area (Å²) in [4.78, 5) is 13.1. The van der Waals surface area contributed by atoms with Crippen LogP contribution in [0.5, 0.6) is 17.2 Å². The summed E-state index contributed by atoms with van der Waals surface area (Å²) < 4.78 is 44.0. The summed E-state index contributed by atoms with van der Waals surface area (Å²) in [7, 11) is -0.457. The maximum Gasteiger partial charge on any atom is 0.255 e. The normalized spacial score (nSPS) is 13.8. The SMILES string of the molecule is CCOc1ccc2ccccc2c1C(=O)NCCS(=O)(=O)N1CCc2cc(OC)c(OC)cc2C1. The number of nitrogens with one attached hydrogen (secondary N) is 1. The molecule has 3 aromatic rings. The van der Waals surface area contributed by atoms with E-state index in [-0.39, 0.29) is 24.7 Å². The van der Waals surface area contributed by atoms with Crippen LogP contribution in [0.1, 0.15) is 28.4 Å². The number of hydrogen-bond donors (Lipinski definition) is 1. The number of nitrogens with zero attached hydrogens (tertiary/aromatic N) is 1. The Bertz CT molecular complexity index is 1340. The number of sulfonamides is 1. The number of hydrogen-bond acceptors (Lipinski definition) is 6. The van der Waals surface area contributed by atoms with Crippen molar-refractivity contribution in [1.29, 1.82) is 0 Å². The molecule has 1 N–H and O–H groups in total. The molecule has 0 fully saturated rings. The van der Waals surface area contributed by atoms with Gasteiger partial charge in [-0.3, -0.25) is 4.79 Å². The second-order valence-electron chi connectivity index (χ2n) is 8.22. The molecular formula is C26H30N2O6S. The van der Waals surface area contributed by atoms with Crippen LogP contribution in [0.4, 0.5) is 0 Å². The molecule has 0 radical (unpaired) electrons. The van der Waals surface area contributed by atoms with Gasteiger partial charge >= 0.3 is 0 Å². The highest BCUT2D eigenvalue weighted by molar-refractivity contribution is 7.89. The van der Waals surface area contributed by atoms with Crippen LogP contribution in [0, 0.1) is 0 Å². The molecule has 1 aliphatic rings. The first-order valence-corrected chi connectivity index (χ1v) is 13.1. The first-order chi connectivity index (χ1) is 16.9. The maximum absolute atomic E-state index is 13.1. The van der Waals surface area contributed by atoms with Crippen molar-refractivity contribution in [3.05, 3.63) is 65.2 Å². The molecule has 0 saturated heterocycles. The Labute approximate surface area is 205 Å². The topological polar surface area (TPSA) is 94.2 Å². The first-order valence-electron chi connectivity index (χ1n) is 11.5. The van der Waals surface area contributed by atoms with Crippen molar-refractivity contribution in [1.82, 2.24) is 9.62 Å². The van der Waals surface area contributed by atoms with Crippen molar-refractivity contribution >= 4 is 26.7 Å². The Balaban J connectivity index is 1.45. The lowest BCUT2D eigenvalue weighted by Gasteiger charge is -2.29. The fourth-order valence-electron chi connectivity index (χ4n) is 4.37. The van der Waals surface area contributed by atoms with Crippen molar-refractivity contribution in [3.63, 3.8) is 0 Å². The molecule has 0 atom stereocenters. The summed E-state index contributed by atoms with van der Waals surface area (Å²) in [5, 5.41) is 4.45. The summed E-state index contributed by atoms with van der Waals surface area (Å²) in [5.41, 5.74) is 2.34. The van der Waals surface area contributed by atoms with Gasteiger partial charge < -0.3 is 19.5 Å². The standard InChI is InChI=1S/C26H30N2O6S/c1-4-34-22-10-9-18-7-5-6-8-21(18)25(22)26(29)27-12-14-35(30,31)28-13-11-19-15-23(32-2)24(33-3)16-20(19)17-28/h5-10,15-16H,4,11-14,17H2,1-3H3,(H,27,29). The molecule has 3 aromatic carbocycles. The van der Waals surface area contributed by atoms with Crippen LogP contribution in [0.25, 0.3) is 10.8 Å². The fraction of sp³-hybridized carbons (Fsp3) is 0.346. The summed E-state index contributed by atoms with van der Waals surface area (Å²) in [6.07, 6.45) is 0.578. The molecule has 9 heteroatoms. The second-order valence-corrected chi connectivity index (χ2v) is 10.3. The minimum atomic E-state index is -3.59. The highest BCUT2D eigenvalue weighted by atomic mass is 32.2. The van der Waals surface area contributed by atoms with E-state index in [0.29, 0.717) is 42.4 Å². The lowest BCUT2D eigenvalue weighted by molar-refractivity contribution is 0.0954. The van der Waals surface area contributed by atoms with Crippen molar-refractivity contribution in [2.45, 2.75) is 19.9 Å². The van der Waals surface area contributed by atoms with E-state index >= 15 is 0 Å². The fourth-order valence-corrected chi connectivity index (χ4v) is 5.69. The Morgan fingerprint density at radius 1 is 1.00 bits per heavy atom. The van der Waals surface area contributed by atoms with E-state index in [4.69, 9.17) is 14.2 Å². The van der Waals surface area contributed by atoms with E-state index in [0.717, 1.165) is 21.9 Å². The number of carbonyl (C=O) groups is 1. The van der Waals surface area contributed by atoms with Gasteiger partial charge in [-0.15, -0.1) is 0 Å². The van der Waals surface area contributed by atoms with Gasteiger partial charge in [-0.1, -0.05) is 30.3 Å². The Hall–Kier alpha value is -3.30. The van der Waals surface area contributed by atoms with Crippen LogP contribution >= 0.6 is 0 Å². The van der Waals surface area contributed by atoms with Crippen LogP contribution in [0.2, 0.25) is 0 Å². The Morgan fingerprint density at radius 2 is 1.71 bits per heavy atom. The zero-order chi connectivity index (χ0) is 25.0. The van der Waals surface area contributed by atoms with E-state index in [2.05, 4.69) is 5.32 Å². The molecule has 0 unspecified atom stereocenters. The molecule has 35 heavy (non-hydrogen) atoms. The Morgan fingerprint density at radius 3 is 2.43 bits per heavy atom. The number of methoxy groups -OCH3 is 2. The van der Waals surface area contributed by atoms with Gasteiger partial charge in [0.05, 0.1) is 32.1 Å². The van der Waals surface area contributed by atoms with E-state index in [1.807, 2.05) is 49.4 Å². The van der Waals surface area contributed by atoms with Crippen LogP contribution < -0.4 is 19.5 Å². The molecule has 0 aromatic heterocycles. The van der Waals surface area contributed by atoms with Crippen molar-refractivity contribution in [2.24, 2.45) is 0 Å². The van der Waals surface area contributed by atoms with Crippen LogP contribution in [0.3, 0.4) is 0 Å². The molecular weight excluding hydrogens is 468 g/mol. The first kappa shape index (κ1) is 24.8. The lowest BCUT2D eigenvalue weighted by atomic mass is 10.0. The highest BCUT2D eigenvalue weighted by Gasteiger charge is 2.28. The molecule has 1 aliphatic heterocycles. The quantitative estimate of drug-likeness (QED) is 0.486. The van der Waals surface area contributed by atoms with Crippen molar-refractivity contribution in [2.75, 3.05) is 39.7 Å². The largest absolute Gasteiger partial charge is 0.493 e. The summed E-state index contributed by atoms with van der Waals surface area (Å²) in [5.74, 6) is 1.11. The lowest BCUT2D eigenvalue weighted by Crippen LogP contribution is -2.40. The molecule has 0 spiro atoms. The van der Waals surface area contributed by atoms with Gasteiger partial charge in [0.1, 0.15) is 5.75 Å². The molecule has 0 bridgehead atoms. The van der Waals surface area contributed by atoms with E-state index in [1.54, 1.807) is 20.3 Å². The number of rotatable bonds is 9. The number of fused-ring (bicyclic) bond motifs is 2. The monoisotopic (exact) mass is 498 g/mol. The van der Waals surface area contributed by atoms with Crippen molar-refractivity contribution < 1.29 is 27.4 Å². The summed E-state index contributed by atoms with van der Waals surface area (Å²) >= 11 is 0. The smallest absolute Gasteiger partial charge is 0.255 e. The molecule has 186 valence electrons. The molecule has 1 heterocycles. The molecule has 8 nitrogen and oxygen atoms in total. The van der Waals surface area contributed by atoms with Gasteiger partial charge in [0.15, 0.2) is 11.5 Å². The van der Waals surface area contributed by atoms with Crippen LogP contribution in [-0.4, -0.2) is 58.3 Å². The minimum Gasteiger partial charge on any atom is -0.493 e. The Kier molecular flexibility index (Phi) is 7.47. The third-order valence-corrected chi connectivity index (χ3v) is 7.96. The van der Waals surface area contributed by atoms with Gasteiger partial charge in [0.25, 0.3) is 5.91 Å². The summed E-state index contributed by atoms with van der Waals surface area (Å²) in [6, 6.07) is 14.9. The predicted molar refractivity (Wildman–Crippen MR) is 135 cm³/mol. The van der Waals surface area contributed by atoms with E-state index < -0.39 is 10.0 Å². The van der Waals surface area contributed by atoms with E-state index in [1.165, 1.54) is 4.31 Å². The highest BCUT2D eigenvalue weighted by Crippen LogP contribution is 2.34. The molecule has 4 rings (SSSR count). The van der Waals surface area contributed by atoms with Gasteiger partial charge in [-0.05, 0) is 53.4 Å². The average molecular weight is 499 g/mol. The molecule has 0 saturated carbocycles. The number of benzene rings is 3. The molecule has 1 amide bonds. The number of carbonyl (C=O) groups excluding carboxylic acids is 1. The average Bonchev–Trinajstić information content (AvgIpc) is 2.87. The second kappa shape index (κ2) is 10.5. The zero-order valence-electron chi connectivity index (χ0n) is 20.2. The van der Waals surface area contributed by atoms with Gasteiger partial charge in [-0.25, -0.2) is 8.42 Å².